The van der Waals surface area contributed by atoms with Crippen molar-refractivity contribution in [3.8, 4) is 0 Å². The lowest BCUT2D eigenvalue weighted by Crippen LogP contribution is -1.98. The van der Waals surface area contributed by atoms with Crippen LogP contribution in [-0.4, -0.2) is 11.2 Å². The molecule has 1 nitrogen and oxygen atoms in total. The molecular formula is C9H14O. The average molecular weight is 138 g/mol. The van der Waals surface area contributed by atoms with Gasteiger partial charge in [-0.25, -0.2) is 0 Å². The smallest absolute Gasteiger partial charge is 0.0617 e. The van der Waals surface area contributed by atoms with Crippen molar-refractivity contribution in [3.63, 3.8) is 0 Å². The number of hydrogen-bond donors (Lipinski definition) is 1. The van der Waals surface area contributed by atoms with Gasteiger partial charge in [-0.2, -0.15) is 0 Å². The largest absolute Gasteiger partial charge is 0.392 e. The molecule has 0 fully saturated rings. The van der Waals surface area contributed by atoms with E-state index < -0.39 is 0 Å². The molecule has 1 atom stereocenters. The van der Waals surface area contributed by atoms with E-state index in [-0.39, 0.29) is 6.10 Å². The van der Waals surface area contributed by atoms with Gasteiger partial charge in [0.2, 0.25) is 0 Å². The summed E-state index contributed by atoms with van der Waals surface area (Å²) in [6, 6.07) is 0. The fourth-order valence-corrected chi connectivity index (χ4v) is 1.40. The summed E-state index contributed by atoms with van der Waals surface area (Å²) in [6.45, 7) is 4.09. The minimum atomic E-state index is -0.119. The van der Waals surface area contributed by atoms with Crippen LogP contribution < -0.4 is 0 Å². The quantitative estimate of drug-likeness (QED) is 0.588. The highest BCUT2D eigenvalue weighted by Crippen LogP contribution is 2.26. The minimum Gasteiger partial charge on any atom is -0.392 e. The number of aliphatic hydroxyl groups is 1. The van der Waals surface area contributed by atoms with E-state index >= 15 is 0 Å². The van der Waals surface area contributed by atoms with E-state index in [1.807, 2.05) is 13.0 Å². The zero-order chi connectivity index (χ0) is 7.56. The molecule has 0 heterocycles. The van der Waals surface area contributed by atoms with Crippen molar-refractivity contribution < 1.29 is 5.11 Å². The summed E-state index contributed by atoms with van der Waals surface area (Å²) >= 11 is 0. The highest BCUT2D eigenvalue weighted by molar-refractivity contribution is 5.29. The van der Waals surface area contributed by atoms with Crippen molar-refractivity contribution in [3.05, 3.63) is 23.3 Å². The molecule has 1 unspecified atom stereocenters. The van der Waals surface area contributed by atoms with Crippen LogP contribution in [0.3, 0.4) is 0 Å². The van der Waals surface area contributed by atoms with Crippen LogP contribution in [0.1, 0.15) is 26.7 Å². The predicted octanol–water partition coefficient (Wildman–Crippen LogP) is 2.03. The molecule has 0 aromatic carbocycles. The first-order valence-corrected chi connectivity index (χ1v) is 3.73. The van der Waals surface area contributed by atoms with E-state index in [1.54, 1.807) is 0 Å². The van der Waals surface area contributed by atoms with Crippen LogP contribution in [0.25, 0.3) is 0 Å². The lowest BCUT2D eigenvalue weighted by molar-refractivity contribution is 0.186. The summed E-state index contributed by atoms with van der Waals surface area (Å²) in [7, 11) is 0. The standard InChI is InChI=1S/C9H14O/c1-3-4-8-6-9(10)5-7(8)2/h3-4,9-10H,5-6H2,1-2H3. The first-order valence-electron chi connectivity index (χ1n) is 3.73. The summed E-state index contributed by atoms with van der Waals surface area (Å²) < 4.78 is 0. The second-order valence-corrected chi connectivity index (χ2v) is 2.87. The van der Waals surface area contributed by atoms with Crippen LogP contribution in [-0.2, 0) is 0 Å². The van der Waals surface area contributed by atoms with Crippen LogP contribution >= 0.6 is 0 Å². The lowest BCUT2D eigenvalue weighted by atomic mass is 10.2. The molecule has 1 N–H and O–H groups in total. The molecule has 0 radical (unpaired) electrons. The molecule has 0 spiro atoms. The highest BCUT2D eigenvalue weighted by Gasteiger charge is 2.16. The molecule has 0 aromatic rings. The molecule has 1 rings (SSSR count). The summed E-state index contributed by atoms with van der Waals surface area (Å²) in [5, 5.41) is 9.22. The molecule has 56 valence electrons. The Labute approximate surface area is 62.1 Å². The lowest BCUT2D eigenvalue weighted by Gasteiger charge is -1.96. The molecule has 1 aliphatic rings. The van der Waals surface area contributed by atoms with Gasteiger partial charge >= 0.3 is 0 Å². The number of hydrogen-bond acceptors (Lipinski definition) is 1. The Kier molecular flexibility index (Phi) is 2.28. The van der Waals surface area contributed by atoms with E-state index in [2.05, 4.69) is 13.0 Å². The monoisotopic (exact) mass is 138 g/mol. The van der Waals surface area contributed by atoms with Gasteiger partial charge in [-0.05, 0) is 32.3 Å². The van der Waals surface area contributed by atoms with Crippen molar-refractivity contribution in [2.24, 2.45) is 0 Å². The van der Waals surface area contributed by atoms with Gasteiger partial charge in [0.25, 0.3) is 0 Å². The Bertz CT molecular complexity index is 177. The summed E-state index contributed by atoms with van der Waals surface area (Å²) in [6.07, 6.45) is 5.70. The van der Waals surface area contributed by atoms with Gasteiger partial charge < -0.3 is 5.11 Å². The summed E-state index contributed by atoms with van der Waals surface area (Å²) in [5.41, 5.74) is 2.65. The third-order valence-electron chi connectivity index (χ3n) is 1.91. The van der Waals surface area contributed by atoms with Crippen molar-refractivity contribution >= 4 is 0 Å². The molecule has 0 amide bonds. The van der Waals surface area contributed by atoms with E-state index in [1.165, 1.54) is 11.1 Å². The van der Waals surface area contributed by atoms with Crippen molar-refractivity contribution in [2.75, 3.05) is 0 Å². The van der Waals surface area contributed by atoms with Gasteiger partial charge in [0.1, 0.15) is 0 Å². The highest BCUT2D eigenvalue weighted by atomic mass is 16.3. The third kappa shape index (κ3) is 1.48. The molecular weight excluding hydrogens is 124 g/mol. The maximum Gasteiger partial charge on any atom is 0.0617 e. The fourth-order valence-electron chi connectivity index (χ4n) is 1.40. The van der Waals surface area contributed by atoms with Gasteiger partial charge in [0.05, 0.1) is 6.10 Å². The Morgan fingerprint density at radius 1 is 1.50 bits per heavy atom. The maximum atomic E-state index is 9.22. The Hall–Kier alpha value is -0.560. The van der Waals surface area contributed by atoms with Crippen molar-refractivity contribution in [2.45, 2.75) is 32.8 Å². The van der Waals surface area contributed by atoms with E-state index in [0.717, 1.165) is 12.8 Å². The summed E-state index contributed by atoms with van der Waals surface area (Å²) in [4.78, 5) is 0. The molecule has 0 bridgehead atoms. The molecule has 0 aliphatic heterocycles. The fraction of sp³-hybridized carbons (Fsp3) is 0.556. The predicted molar refractivity (Wildman–Crippen MR) is 42.8 cm³/mol. The first-order chi connectivity index (χ1) is 4.74. The van der Waals surface area contributed by atoms with Crippen molar-refractivity contribution in [1.82, 2.24) is 0 Å². The topological polar surface area (TPSA) is 20.2 Å². The second-order valence-electron chi connectivity index (χ2n) is 2.87. The van der Waals surface area contributed by atoms with Crippen LogP contribution in [0.4, 0.5) is 0 Å². The average Bonchev–Trinajstić information content (AvgIpc) is 2.13. The zero-order valence-electron chi connectivity index (χ0n) is 6.59. The zero-order valence-corrected chi connectivity index (χ0v) is 6.59. The van der Waals surface area contributed by atoms with E-state index in [4.69, 9.17) is 0 Å². The second kappa shape index (κ2) is 3.02. The summed E-state index contributed by atoms with van der Waals surface area (Å²) in [5.74, 6) is 0. The van der Waals surface area contributed by atoms with Crippen LogP contribution in [0.15, 0.2) is 23.3 Å². The molecule has 1 aliphatic carbocycles. The van der Waals surface area contributed by atoms with Gasteiger partial charge in [-0.1, -0.05) is 17.7 Å². The van der Waals surface area contributed by atoms with Gasteiger partial charge in [0.15, 0.2) is 0 Å². The SMILES string of the molecule is CC=CC1=C(C)CC(O)C1. The molecule has 0 saturated carbocycles. The van der Waals surface area contributed by atoms with E-state index in [9.17, 15) is 5.11 Å². The Balaban J connectivity index is 2.66. The molecule has 1 heteroatoms. The Morgan fingerprint density at radius 2 is 2.20 bits per heavy atom. The Morgan fingerprint density at radius 3 is 2.60 bits per heavy atom. The normalized spacial score (nSPS) is 26.9. The molecule has 10 heavy (non-hydrogen) atoms. The van der Waals surface area contributed by atoms with E-state index in [0.29, 0.717) is 0 Å². The van der Waals surface area contributed by atoms with Crippen LogP contribution in [0.2, 0.25) is 0 Å². The minimum absolute atomic E-state index is 0.119. The number of aliphatic hydroxyl groups excluding tert-OH is 1. The molecule has 0 saturated heterocycles. The van der Waals surface area contributed by atoms with Gasteiger partial charge in [-0.15, -0.1) is 0 Å². The third-order valence-corrected chi connectivity index (χ3v) is 1.91. The van der Waals surface area contributed by atoms with Crippen LogP contribution in [0, 0.1) is 0 Å². The van der Waals surface area contributed by atoms with Crippen LogP contribution in [0.5, 0.6) is 0 Å². The molecule has 0 aromatic heterocycles. The van der Waals surface area contributed by atoms with Gasteiger partial charge in [-0.3, -0.25) is 0 Å². The van der Waals surface area contributed by atoms with Crippen molar-refractivity contribution in [1.29, 1.82) is 0 Å². The first kappa shape index (κ1) is 7.55. The maximum absolute atomic E-state index is 9.22. The number of rotatable bonds is 1. The number of allylic oxidation sites excluding steroid dienone is 2. The van der Waals surface area contributed by atoms with Gasteiger partial charge in [0, 0.05) is 0 Å².